The maximum absolute atomic E-state index is 13.2. The Hall–Kier alpha value is -2.83. The van der Waals surface area contributed by atoms with Crippen molar-refractivity contribution < 1.29 is 27.5 Å². The number of alkyl halides is 3. The summed E-state index contributed by atoms with van der Waals surface area (Å²) in [7, 11) is 1.20. The van der Waals surface area contributed by atoms with E-state index in [0.717, 1.165) is 4.57 Å². The lowest BCUT2D eigenvalue weighted by molar-refractivity contribution is -0.170. The fourth-order valence-corrected chi connectivity index (χ4v) is 2.75. The Morgan fingerprint density at radius 2 is 1.84 bits per heavy atom. The lowest BCUT2D eigenvalue weighted by Crippen LogP contribution is -2.51. The fraction of sp³-hybridized carbons (Fsp3) is 0.667. The van der Waals surface area contributed by atoms with Crippen molar-refractivity contribution in [1.29, 1.82) is 0 Å². The number of ether oxygens (including phenoxy) is 1. The molecule has 0 aliphatic carbocycles. The van der Waals surface area contributed by atoms with E-state index in [9.17, 15) is 32.3 Å². The zero-order valence-corrected chi connectivity index (χ0v) is 17.9. The van der Waals surface area contributed by atoms with Crippen LogP contribution in [0.4, 0.5) is 24.7 Å². The Labute approximate surface area is 176 Å². The van der Waals surface area contributed by atoms with E-state index in [1.54, 1.807) is 13.8 Å². The Morgan fingerprint density at radius 1 is 1.23 bits per heavy atom. The molecule has 176 valence electrons. The van der Waals surface area contributed by atoms with Crippen LogP contribution in [-0.4, -0.2) is 53.4 Å². The lowest BCUT2D eigenvalue weighted by atomic mass is 10.2. The molecular weight excluding hydrogens is 423 g/mol. The number of hydrogen-bond donors (Lipinski definition) is 2. The van der Waals surface area contributed by atoms with E-state index in [-0.39, 0.29) is 24.1 Å². The topological polar surface area (TPSA) is 129 Å². The quantitative estimate of drug-likeness (QED) is 0.532. The van der Waals surface area contributed by atoms with Crippen molar-refractivity contribution in [2.24, 2.45) is 0 Å². The zero-order chi connectivity index (χ0) is 23.9. The summed E-state index contributed by atoms with van der Waals surface area (Å²) in [6.07, 6.45) is -4.37. The number of anilines is 2. The van der Waals surface area contributed by atoms with Gasteiger partial charge in [0.05, 0.1) is 6.61 Å². The van der Waals surface area contributed by atoms with Crippen LogP contribution in [0, 0.1) is 0 Å². The summed E-state index contributed by atoms with van der Waals surface area (Å²) in [6, 6.07) is -0.251. The van der Waals surface area contributed by atoms with Gasteiger partial charge in [-0.1, -0.05) is 13.8 Å². The van der Waals surface area contributed by atoms with Gasteiger partial charge < -0.3 is 15.8 Å². The molecular formula is C18H28F3N5O5. The van der Waals surface area contributed by atoms with Gasteiger partial charge in [-0.3, -0.25) is 23.9 Å². The summed E-state index contributed by atoms with van der Waals surface area (Å²) >= 11 is 0. The number of carbonyl (C=O) groups excluding carboxylic acids is 2. The molecule has 1 atom stereocenters. The van der Waals surface area contributed by atoms with Gasteiger partial charge in [0.25, 0.3) is 5.56 Å². The Morgan fingerprint density at radius 3 is 2.32 bits per heavy atom. The zero-order valence-electron chi connectivity index (χ0n) is 17.9. The fourth-order valence-electron chi connectivity index (χ4n) is 2.75. The first-order valence-electron chi connectivity index (χ1n) is 9.70. The highest BCUT2D eigenvalue weighted by Gasteiger charge is 2.44. The second-order valence-electron chi connectivity index (χ2n) is 6.88. The molecule has 0 aromatic carbocycles. The lowest BCUT2D eigenvalue weighted by Gasteiger charge is -2.26. The number of rotatable bonds is 10. The van der Waals surface area contributed by atoms with Crippen LogP contribution in [0.15, 0.2) is 9.59 Å². The smallest absolute Gasteiger partial charge is 0.383 e. The molecule has 0 unspecified atom stereocenters. The maximum Gasteiger partial charge on any atom is 0.471 e. The summed E-state index contributed by atoms with van der Waals surface area (Å²) in [6.45, 7) is 3.45. The predicted molar refractivity (Wildman–Crippen MR) is 108 cm³/mol. The van der Waals surface area contributed by atoms with Crippen LogP contribution in [0.3, 0.4) is 0 Å². The van der Waals surface area contributed by atoms with Crippen molar-refractivity contribution in [1.82, 2.24) is 14.5 Å². The van der Waals surface area contributed by atoms with Crippen LogP contribution in [0.25, 0.3) is 0 Å². The highest BCUT2D eigenvalue weighted by molar-refractivity contribution is 5.99. The molecule has 0 saturated carbocycles. The maximum atomic E-state index is 13.2. The van der Waals surface area contributed by atoms with E-state index in [2.05, 4.69) is 5.32 Å². The largest absolute Gasteiger partial charge is 0.471 e. The molecule has 0 saturated heterocycles. The van der Waals surface area contributed by atoms with Crippen molar-refractivity contribution in [3.8, 4) is 0 Å². The number of nitrogens with zero attached hydrogens (tertiary/aromatic N) is 3. The number of halogens is 3. The van der Waals surface area contributed by atoms with Gasteiger partial charge >= 0.3 is 17.8 Å². The first-order chi connectivity index (χ1) is 14.4. The van der Waals surface area contributed by atoms with Crippen LogP contribution >= 0.6 is 0 Å². The van der Waals surface area contributed by atoms with E-state index in [0.29, 0.717) is 17.4 Å². The third-order valence-corrected chi connectivity index (χ3v) is 4.49. The number of carbonyl (C=O) groups is 2. The van der Waals surface area contributed by atoms with Gasteiger partial charge in [-0.15, -0.1) is 0 Å². The molecule has 0 bridgehead atoms. The third-order valence-electron chi connectivity index (χ3n) is 4.49. The number of amides is 2. The average molecular weight is 451 g/mol. The molecule has 0 radical (unpaired) electrons. The molecule has 10 nitrogen and oxygen atoms in total. The SMILES string of the molecule is CCCn1c(N)c(N(CCOC)C(=O)C(F)(F)F)c(=O)n(CC(=O)N[C@@H](C)CC)c1=O. The predicted octanol–water partition coefficient (Wildman–Crippen LogP) is 0.459. The second kappa shape index (κ2) is 11.0. The highest BCUT2D eigenvalue weighted by Crippen LogP contribution is 2.25. The Balaban J connectivity index is 3.72. The van der Waals surface area contributed by atoms with Crippen LogP contribution in [-0.2, 0) is 27.4 Å². The van der Waals surface area contributed by atoms with Gasteiger partial charge in [-0.2, -0.15) is 13.2 Å². The molecule has 2 amide bonds. The van der Waals surface area contributed by atoms with Gasteiger partial charge in [0.2, 0.25) is 5.91 Å². The van der Waals surface area contributed by atoms with Gasteiger partial charge in [0.15, 0.2) is 5.69 Å². The first-order valence-corrected chi connectivity index (χ1v) is 9.70. The number of hydrogen-bond acceptors (Lipinski definition) is 6. The molecule has 0 spiro atoms. The van der Waals surface area contributed by atoms with E-state index >= 15 is 0 Å². The molecule has 31 heavy (non-hydrogen) atoms. The average Bonchev–Trinajstić information content (AvgIpc) is 2.69. The Kier molecular flexibility index (Phi) is 9.28. The molecule has 1 aromatic heterocycles. The third kappa shape index (κ3) is 6.32. The summed E-state index contributed by atoms with van der Waals surface area (Å²) in [5.74, 6) is -3.62. The molecule has 3 N–H and O–H groups in total. The van der Waals surface area contributed by atoms with E-state index in [1.165, 1.54) is 7.11 Å². The summed E-state index contributed by atoms with van der Waals surface area (Å²) in [5.41, 5.74) is 2.81. The number of aromatic nitrogens is 2. The van der Waals surface area contributed by atoms with Crippen molar-refractivity contribution in [2.75, 3.05) is 30.9 Å². The minimum Gasteiger partial charge on any atom is -0.383 e. The minimum atomic E-state index is -5.31. The summed E-state index contributed by atoms with van der Waals surface area (Å²) in [4.78, 5) is 50.2. The monoisotopic (exact) mass is 451 g/mol. The molecule has 1 rings (SSSR count). The van der Waals surface area contributed by atoms with Crippen molar-refractivity contribution >= 4 is 23.3 Å². The molecule has 0 aliphatic heterocycles. The van der Waals surface area contributed by atoms with E-state index in [1.807, 2.05) is 6.92 Å². The second-order valence-corrected chi connectivity index (χ2v) is 6.88. The molecule has 13 heteroatoms. The van der Waals surface area contributed by atoms with E-state index < -0.39 is 53.8 Å². The van der Waals surface area contributed by atoms with Crippen LogP contribution in [0.1, 0.15) is 33.6 Å². The highest BCUT2D eigenvalue weighted by atomic mass is 19.4. The molecule has 1 heterocycles. The minimum absolute atomic E-state index is 0.0384. The summed E-state index contributed by atoms with van der Waals surface area (Å²) < 4.78 is 45.6. The Bertz CT molecular complexity index is 910. The van der Waals surface area contributed by atoms with Gasteiger partial charge in [-0.25, -0.2) is 9.36 Å². The van der Waals surface area contributed by atoms with Crippen LogP contribution < -0.4 is 27.2 Å². The van der Waals surface area contributed by atoms with Gasteiger partial charge in [-0.05, 0) is 19.8 Å². The van der Waals surface area contributed by atoms with Crippen molar-refractivity contribution in [2.45, 2.75) is 58.9 Å². The van der Waals surface area contributed by atoms with Gasteiger partial charge in [0, 0.05) is 26.2 Å². The molecule has 0 fully saturated rings. The standard InChI is InChI=1S/C18H28F3N5O5/c1-5-7-25-14(22)13(24(8-9-31-4)16(29)18(19,20)21)15(28)26(17(25)30)10-12(27)23-11(3)6-2/h11H,5-10,22H2,1-4H3,(H,23,27)/t11-/m0/s1. The van der Waals surface area contributed by atoms with E-state index in [4.69, 9.17) is 10.5 Å². The van der Waals surface area contributed by atoms with Gasteiger partial charge in [0.1, 0.15) is 12.4 Å². The number of nitrogens with two attached hydrogens (primary N) is 1. The number of nitrogen functional groups attached to an aromatic ring is 1. The number of nitrogens with one attached hydrogen (secondary N) is 1. The van der Waals surface area contributed by atoms with Crippen LogP contribution in [0.5, 0.6) is 0 Å². The van der Waals surface area contributed by atoms with Crippen LogP contribution in [0.2, 0.25) is 0 Å². The van der Waals surface area contributed by atoms with Crippen molar-refractivity contribution in [3.05, 3.63) is 20.8 Å². The summed E-state index contributed by atoms with van der Waals surface area (Å²) in [5, 5.41) is 2.57. The number of methoxy groups -OCH3 is 1. The normalized spacial score (nSPS) is 12.5. The van der Waals surface area contributed by atoms with Crippen molar-refractivity contribution in [3.63, 3.8) is 0 Å². The molecule has 0 aliphatic rings. The first kappa shape index (κ1) is 26.2. The molecule has 1 aromatic rings.